The number of rotatable bonds is 9. The number of nitro benzene ring substituents is 1. The molecule has 134 valence electrons. The fourth-order valence-electron chi connectivity index (χ4n) is 2.16. The Morgan fingerprint density at radius 3 is 2.48 bits per heavy atom. The van der Waals surface area contributed by atoms with E-state index >= 15 is 0 Å². The van der Waals surface area contributed by atoms with E-state index in [9.17, 15) is 18.5 Å². The van der Waals surface area contributed by atoms with E-state index in [1.54, 1.807) is 0 Å². The fourth-order valence-corrected chi connectivity index (χ4v) is 2.89. The quantitative estimate of drug-likeness (QED) is 0.400. The first-order valence-electron chi connectivity index (χ1n) is 7.61. The highest BCUT2D eigenvalue weighted by atomic mass is 32.2. The van der Waals surface area contributed by atoms with Gasteiger partial charge in [0.25, 0.3) is 5.69 Å². The van der Waals surface area contributed by atoms with Gasteiger partial charge in [0, 0.05) is 18.7 Å². The zero-order valence-corrected chi connectivity index (χ0v) is 14.2. The molecule has 0 heterocycles. The molecule has 0 aliphatic rings. The van der Waals surface area contributed by atoms with Crippen LogP contribution in [0.5, 0.6) is 5.75 Å². The highest BCUT2D eigenvalue weighted by Crippen LogP contribution is 2.25. The molecule has 0 amide bonds. The van der Waals surface area contributed by atoms with Crippen LogP contribution in [0.25, 0.3) is 0 Å². The molecule has 0 aliphatic heterocycles. The molecule has 0 bridgehead atoms. The Hall–Kier alpha value is -2.65. The van der Waals surface area contributed by atoms with Crippen LogP contribution in [0.2, 0.25) is 0 Å². The van der Waals surface area contributed by atoms with E-state index in [1.807, 2.05) is 30.3 Å². The van der Waals surface area contributed by atoms with Crippen LogP contribution in [0.15, 0.2) is 53.4 Å². The predicted molar refractivity (Wildman–Crippen MR) is 94.1 cm³/mol. The Morgan fingerprint density at radius 2 is 1.84 bits per heavy atom. The molecule has 8 nitrogen and oxygen atoms in total. The number of hydrogen-bond donors (Lipinski definition) is 2. The normalized spacial score (nSPS) is 11.1. The lowest BCUT2D eigenvalue weighted by molar-refractivity contribution is -0.385. The van der Waals surface area contributed by atoms with Crippen LogP contribution in [0.4, 0.5) is 11.4 Å². The summed E-state index contributed by atoms with van der Waals surface area (Å²) in [5.41, 5.74) is -0.0806. The van der Waals surface area contributed by atoms with Gasteiger partial charge in [-0.3, -0.25) is 10.1 Å². The Bertz CT molecular complexity index is 825. The second-order valence-electron chi connectivity index (χ2n) is 5.28. The molecule has 0 unspecified atom stereocenters. The van der Waals surface area contributed by atoms with E-state index in [2.05, 4.69) is 5.32 Å². The molecule has 3 N–H and O–H groups in total. The largest absolute Gasteiger partial charge is 0.494 e. The van der Waals surface area contributed by atoms with Crippen LogP contribution < -0.4 is 15.2 Å². The van der Waals surface area contributed by atoms with Gasteiger partial charge in [0.15, 0.2) is 0 Å². The Labute approximate surface area is 145 Å². The topological polar surface area (TPSA) is 125 Å². The van der Waals surface area contributed by atoms with Crippen LogP contribution >= 0.6 is 0 Å². The minimum Gasteiger partial charge on any atom is -0.494 e. The standard InChI is InChI=1S/C16H19N3O5S/c17-25(22,23)16-12-13(19(20)21)8-9-15(16)18-10-4-5-11-24-14-6-2-1-3-7-14/h1-3,6-9,12,18H,4-5,10-11H2,(H2,17,22,23). The summed E-state index contributed by atoms with van der Waals surface area (Å²) in [7, 11) is -4.06. The van der Waals surface area contributed by atoms with Gasteiger partial charge in [-0.25, -0.2) is 13.6 Å². The highest BCUT2D eigenvalue weighted by molar-refractivity contribution is 7.89. The number of sulfonamides is 1. The number of primary sulfonamides is 1. The van der Waals surface area contributed by atoms with Gasteiger partial charge in [-0.1, -0.05) is 18.2 Å². The number of unbranched alkanes of at least 4 members (excludes halogenated alkanes) is 1. The van der Waals surface area contributed by atoms with Crippen molar-refractivity contribution in [3.8, 4) is 5.75 Å². The number of nitrogens with two attached hydrogens (primary N) is 1. The predicted octanol–water partition coefficient (Wildman–Crippen LogP) is 2.51. The average molecular weight is 365 g/mol. The first-order chi connectivity index (χ1) is 11.9. The number of ether oxygens (including phenoxy) is 1. The van der Waals surface area contributed by atoms with Crippen molar-refractivity contribution in [2.45, 2.75) is 17.7 Å². The van der Waals surface area contributed by atoms with E-state index in [0.29, 0.717) is 13.2 Å². The molecule has 9 heteroatoms. The Balaban J connectivity index is 1.87. The summed E-state index contributed by atoms with van der Waals surface area (Å²) in [4.78, 5) is 9.82. The molecule has 0 fully saturated rings. The maximum absolute atomic E-state index is 11.6. The third-order valence-electron chi connectivity index (χ3n) is 3.38. The molecule has 0 aliphatic carbocycles. The molecule has 2 aromatic rings. The smallest absolute Gasteiger partial charge is 0.270 e. The van der Waals surface area contributed by atoms with Gasteiger partial charge in [-0.15, -0.1) is 0 Å². The molecule has 0 aromatic heterocycles. The van der Waals surface area contributed by atoms with E-state index in [4.69, 9.17) is 9.88 Å². The minimum absolute atomic E-state index is 0.247. The monoisotopic (exact) mass is 365 g/mol. The molecule has 0 atom stereocenters. The molecular weight excluding hydrogens is 346 g/mol. The number of hydrogen-bond acceptors (Lipinski definition) is 6. The van der Waals surface area contributed by atoms with Crippen molar-refractivity contribution < 1.29 is 18.1 Å². The van der Waals surface area contributed by atoms with Gasteiger partial charge in [0.05, 0.1) is 17.2 Å². The lowest BCUT2D eigenvalue weighted by Crippen LogP contribution is -2.16. The molecule has 2 aromatic carbocycles. The van der Waals surface area contributed by atoms with Gasteiger partial charge >= 0.3 is 0 Å². The van der Waals surface area contributed by atoms with Gasteiger partial charge in [0.1, 0.15) is 10.6 Å². The zero-order chi connectivity index (χ0) is 18.3. The van der Waals surface area contributed by atoms with E-state index in [1.165, 1.54) is 12.1 Å². The summed E-state index contributed by atoms with van der Waals surface area (Å²) >= 11 is 0. The number of anilines is 1. The van der Waals surface area contributed by atoms with Crippen LogP contribution in [0, 0.1) is 10.1 Å². The fraction of sp³-hybridized carbons (Fsp3) is 0.250. The van der Waals surface area contributed by atoms with Crippen molar-refractivity contribution in [1.82, 2.24) is 0 Å². The zero-order valence-electron chi connectivity index (χ0n) is 13.4. The maximum Gasteiger partial charge on any atom is 0.270 e. The first kappa shape index (κ1) is 18.7. The maximum atomic E-state index is 11.6. The van der Waals surface area contributed by atoms with Gasteiger partial charge in [-0.2, -0.15) is 0 Å². The molecular formula is C16H19N3O5S. The number of nitrogens with one attached hydrogen (secondary N) is 1. The second-order valence-corrected chi connectivity index (χ2v) is 6.81. The van der Waals surface area contributed by atoms with Crippen molar-refractivity contribution >= 4 is 21.4 Å². The van der Waals surface area contributed by atoms with E-state index in [0.717, 1.165) is 24.7 Å². The summed E-state index contributed by atoms with van der Waals surface area (Å²) in [6, 6.07) is 13.0. The van der Waals surface area contributed by atoms with Crippen molar-refractivity contribution in [1.29, 1.82) is 0 Å². The lowest BCUT2D eigenvalue weighted by atomic mass is 10.2. The van der Waals surface area contributed by atoms with Crippen LogP contribution in [-0.4, -0.2) is 26.5 Å². The van der Waals surface area contributed by atoms with Gasteiger partial charge in [0.2, 0.25) is 10.0 Å². The van der Waals surface area contributed by atoms with Gasteiger partial charge < -0.3 is 10.1 Å². The minimum atomic E-state index is -4.06. The van der Waals surface area contributed by atoms with Crippen LogP contribution in [-0.2, 0) is 10.0 Å². The highest BCUT2D eigenvalue weighted by Gasteiger charge is 2.18. The summed E-state index contributed by atoms with van der Waals surface area (Å²) in [5.74, 6) is 0.794. The summed E-state index contributed by atoms with van der Waals surface area (Å²) in [6.45, 7) is 1.02. The van der Waals surface area contributed by atoms with Crippen molar-refractivity contribution in [3.63, 3.8) is 0 Å². The molecule has 25 heavy (non-hydrogen) atoms. The van der Waals surface area contributed by atoms with Gasteiger partial charge in [-0.05, 0) is 31.0 Å². The summed E-state index contributed by atoms with van der Waals surface area (Å²) in [6.07, 6.45) is 1.49. The first-order valence-corrected chi connectivity index (χ1v) is 9.15. The molecule has 0 saturated carbocycles. The summed E-state index contributed by atoms with van der Waals surface area (Å²) in [5, 5.41) is 18.9. The number of nitrogens with zero attached hydrogens (tertiary/aromatic N) is 1. The number of nitro groups is 1. The van der Waals surface area contributed by atoms with E-state index in [-0.39, 0.29) is 16.3 Å². The molecule has 0 radical (unpaired) electrons. The van der Waals surface area contributed by atoms with Crippen LogP contribution in [0.1, 0.15) is 12.8 Å². The molecule has 0 saturated heterocycles. The third-order valence-corrected chi connectivity index (χ3v) is 4.33. The number of para-hydroxylation sites is 1. The SMILES string of the molecule is NS(=O)(=O)c1cc([N+](=O)[O-])ccc1NCCCCOc1ccccc1. The average Bonchev–Trinajstić information content (AvgIpc) is 2.58. The number of non-ortho nitro benzene ring substituents is 1. The Kier molecular flexibility index (Phi) is 6.31. The van der Waals surface area contributed by atoms with Crippen molar-refractivity contribution in [2.24, 2.45) is 5.14 Å². The summed E-state index contributed by atoms with van der Waals surface area (Å²) < 4.78 is 28.8. The Morgan fingerprint density at radius 1 is 1.12 bits per heavy atom. The van der Waals surface area contributed by atoms with Crippen LogP contribution in [0.3, 0.4) is 0 Å². The second kappa shape index (κ2) is 8.45. The molecule has 0 spiro atoms. The third kappa shape index (κ3) is 5.73. The van der Waals surface area contributed by atoms with E-state index < -0.39 is 14.9 Å². The van der Waals surface area contributed by atoms with Crippen molar-refractivity contribution in [3.05, 3.63) is 58.6 Å². The lowest BCUT2D eigenvalue weighted by Gasteiger charge is -2.11. The molecule has 2 rings (SSSR count). The number of benzene rings is 2. The van der Waals surface area contributed by atoms with Crippen molar-refractivity contribution in [2.75, 3.05) is 18.5 Å².